The molecule has 0 aliphatic rings. The van der Waals surface area contributed by atoms with Gasteiger partial charge in [0.2, 0.25) is 0 Å². The van der Waals surface area contributed by atoms with E-state index in [2.05, 4.69) is 27.0 Å². The number of amides is 1. The van der Waals surface area contributed by atoms with E-state index < -0.39 is 0 Å². The fourth-order valence-electron chi connectivity index (χ4n) is 2.47. The highest BCUT2D eigenvalue weighted by Crippen LogP contribution is 2.06. The normalized spacial score (nSPS) is 10.4. The maximum atomic E-state index is 12.0. The first-order valence-corrected chi connectivity index (χ1v) is 7.70. The zero-order valence-corrected chi connectivity index (χ0v) is 12.9. The molecule has 1 heterocycles. The lowest BCUT2D eigenvalue weighted by Gasteiger charge is -2.09. The lowest BCUT2D eigenvalue weighted by Crippen LogP contribution is -2.26. The number of aromatic nitrogens is 2. The fourth-order valence-corrected chi connectivity index (χ4v) is 2.47. The molecule has 0 fully saturated rings. The average molecular weight is 305 g/mol. The molecule has 0 atom stereocenters. The Hall–Kier alpha value is -2.88. The summed E-state index contributed by atoms with van der Waals surface area (Å²) in [6.45, 7) is 1.36. The zero-order valence-electron chi connectivity index (χ0n) is 12.9. The van der Waals surface area contributed by atoms with Crippen molar-refractivity contribution < 1.29 is 4.79 Å². The van der Waals surface area contributed by atoms with E-state index in [0.717, 1.165) is 12.4 Å². The first-order chi connectivity index (χ1) is 11.3. The number of benzene rings is 2. The van der Waals surface area contributed by atoms with E-state index in [1.165, 1.54) is 5.56 Å². The Labute approximate surface area is 135 Å². The molecular formula is C19H19N3O. The van der Waals surface area contributed by atoms with Gasteiger partial charge in [0.15, 0.2) is 0 Å². The number of hydrogen-bond donors (Lipinski definition) is 1. The summed E-state index contributed by atoms with van der Waals surface area (Å²) in [6.07, 6.45) is 4.48. The van der Waals surface area contributed by atoms with Crippen LogP contribution in [0.3, 0.4) is 0 Å². The summed E-state index contributed by atoms with van der Waals surface area (Å²) in [5, 5.41) is 2.94. The van der Waals surface area contributed by atoms with Gasteiger partial charge in [0.1, 0.15) is 5.82 Å². The molecule has 3 aromatic rings. The smallest absolute Gasteiger partial charge is 0.251 e. The second-order valence-corrected chi connectivity index (χ2v) is 5.33. The highest BCUT2D eigenvalue weighted by atomic mass is 16.1. The largest absolute Gasteiger partial charge is 0.352 e. The molecule has 0 spiro atoms. The summed E-state index contributed by atoms with van der Waals surface area (Å²) in [5.74, 6) is 0.925. The van der Waals surface area contributed by atoms with Crippen molar-refractivity contribution in [1.82, 2.24) is 14.9 Å². The zero-order chi connectivity index (χ0) is 15.9. The van der Waals surface area contributed by atoms with Crippen molar-refractivity contribution >= 4 is 5.91 Å². The van der Waals surface area contributed by atoms with E-state index >= 15 is 0 Å². The summed E-state index contributed by atoms with van der Waals surface area (Å²) in [6, 6.07) is 19.5. The van der Waals surface area contributed by atoms with Gasteiger partial charge in [-0.2, -0.15) is 0 Å². The highest BCUT2D eigenvalue weighted by Gasteiger charge is 2.06. The van der Waals surface area contributed by atoms with E-state index in [9.17, 15) is 4.79 Å². The van der Waals surface area contributed by atoms with Crippen molar-refractivity contribution in [3.05, 3.63) is 90.0 Å². The predicted molar refractivity (Wildman–Crippen MR) is 90.3 cm³/mol. The Bertz CT molecular complexity index is 751. The molecular weight excluding hydrogens is 286 g/mol. The molecule has 0 bridgehead atoms. The third-order valence-electron chi connectivity index (χ3n) is 3.67. The van der Waals surface area contributed by atoms with Crippen molar-refractivity contribution in [2.75, 3.05) is 6.54 Å². The van der Waals surface area contributed by atoms with Gasteiger partial charge in [-0.1, -0.05) is 48.5 Å². The molecule has 4 heteroatoms. The summed E-state index contributed by atoms with van der Waals surface area (Å²) < 4.78 is 2.12. The van der Waals surface area contributed by atoms with Crippen LogP contribution in [0.2, 0.25) is 0 Å². The Morgan fingerprint density at radius 3 is 2.43 bits per heavy atom. The van der Waals surface area contributed by atoms with Crippen LogP contribution < -0.4 is 5.32 Å². The predicted octanol–water partition coefficient (Wildman–Crippen LogP) is 2.90. The fraction of sp³-hybridized carbons (Fsp3) is 0.158. The van der Waals surface area contributed by atoms with Crippen molar-refractivity contribution in [2.24, 2.45) is 0 Å². The first-order valence-electron chi connectivity index (χ1n) is 7.70. The van der Waals surface area contributed by atoms with Crippen molar-refractivity contribution in [2.45, 2.75) is 13.0 Å². The lowest BCUT2D eigenvalue weighted by atomic mass is 10.2. The molecule has 1 aromatic heterocycles. The van der Waals surface area contributed by atoms with E-state index in [1.54, 1.807) is 6.20 Å². The minimum absolute atomic E-state index is 0.0493. The van der Waals surface area contributed by atoms with Crippen LogP contribution in [0.1, 0.15) is 21.7 Å². The molecule has 4 nitrogen and oxygen atoms in total. The summed E-state index contributed by atoms with van der Waals surface area (Å²) >= 11 is 0. The van der Waals surface area contributed by atoms with Gasteiger partial charge >= 0.3 is 0 Å². The van der Waals surface area contributed by atoms with Crippen LogP contribution in [0.25, 0.3) is 0 Å². The minimum atomic E-state index is -0.0493. The van der Waals surface area contributed by atoms with Crippen molar-refractivity contribution in [3.63, 3.8) is 0 Å². The first kappa shape index (κ1) is 15.0. The maximum absolute atomic E-state index is 12.0. The van der Waals surface area contributed by atoms with Crippen LogP contribution >= 0.6 is 0 Å². The van der Waals surface area contributed by atoms with Crippen LogP contribution in [0.15, 0.2) is 73.1 Å². The van der Waals surface area contributed by atoms with Gasteiger partial charge in [-0.3, -0.25) is 4.79 Å². The lowest BCUT2D eigenvalue weighted by molar-refractivity contribution is 0.0954. The monoisotopic (exact) mass is 305 g/mol. The molecule has 0 radical (unpaired) electrons. The van der Waals surface area contributed by atoms with Crippen LogP contribution in [0.5, 0.6) is 0 Å². The van der Waals surface area contributed by atoms with Gasteiger partial charge in [0, 0.05) is 37.5 Å². The Morgan fingerprint density at radius 2 is 1.70 bits per heavy atom. The van der Waals surface area contributed by atoms with E-state index in [4.69, 9.17) is 0 Å². The average Bonchev–Trinajstić information content (AvgIpc) is 3.03. The van der Waals surface area contributed by atoms with Crippen molar-refractivity contribution in [3.8, 4) is 0 Å². The minimum Gasteiger partial charge on any atom is -0.352 e. The number of nitrogens with zero attached hydrogens (tertiary/aromatic N) is 2. The van der Waals surface area contributed by atoms with Crippen molar-refractivity contribution in [1.29, 1.82) is 0 Å². The second-order valence-electron chi connectivity index (χ2n) is 5.33. The third-order valence-corrected chi connectivity index (χ3v) is 3.67. The van der Waals surface area contributed by atoms with E-state index in [1.807, 2.05) is 54.7 Å². The molecule has 0 aliphatic carbocycles. The van der Waals surface area contributed by atoms with Crippen LogP contribution in [0, 0.1) is 0 Å². The van der Waals surface area contributed by atoms with Gasteiger partial charge in [0.05, 0.1) is 0 Å². The third kappa shape index (κ3) is 4.07. The Morgan fingerprint density at radius 1 is 1.00 bits per heavy atom. The molecule has 0 saturated heterocycles. The van der Waals surface area contributed by atoms with E-state index in [0.29, 0.717) is 18.5 Å². The second kappa shape index (κ2) is 7.40. The van der Waals surface area contributed by atoms with Gasteiger partial charge in [-0.05, 0) is 17.7 Å². The van der Waals surface area contributed by atoms with Gasteiger partial charge < -0.3 is 9.88 Å². The van der Waals surface area contributed by atoms with Gasteiger partial charge in [-0.15, -0.1) is 0 Å². The molecule has 23 heavy (non-hydrogen) atoms. The van der Waals surface area contributed by atoms with Gasteiger partial charge in [-0.25, -0.2) is 4.98 Å². The topological polar surface area (TPSA) is 46.9 Å². The Balaban J connectivity index is 1.55. The van der Waals surface area contributed by atoms with Crippen LogP contribution in [-0.4, -0.2) is 22.0 Å². The number of imidazole rings is 1. The number of hydrogen-bond acceptors (Lipinski definition) is 2. The molecule has 3 rings (SSSR count). The summed E-state index contributed by atoms with van der Waals surface area (Å²) in [7, 11) is 0. The molecule has 0 aliphatic heterocycles. The molecule has 0 saturated carbocycles. The number of carbonyl (C=O) groups excluding carboxylic acids is 1. The standard InChI is InChI=1S/C19H19N3O/c23-19(17-9-5-2-6-10-17)21-12-11-18-20-13-14-22(18)15-16-7-3-1-4-8-16/h1-10,13-14H,11-12,15H2,(H,21,23). The quantitative estimate of drug-likeness (QED) is 0.761. The Kier molecular flexibility index (Phi) is 4.84. The van der Waals surface area contributed by atoms with Gasteiger partial charge in [0.25, 0.3) is 5.91 Å². The molecule has 1 N–H and O–H groups in total. The van der Waals surface area contributed by atoms with Crippen LogP contribution in [-0.2, 0) is 13.0 Å². The summed E-state index contributed by atoms with van der Waals surface area (Å²) in [5.41, 5.74) is 1.92. The van der Waals surface area contributed by atoms with E-state index in [-0.39, 0.29) is 5.91 Å². The number of nitrogens with one attached hydrogen (secondary N) is 1. The molecule has 2 aromatic carbocycles. The highest BCUT2D eigenvalue weighted by molar-refractivity contribution is 5.94. The maximum Gasteiger partial charge on any atom is 0.251 e. The number of carbonyl (C=O) groups is 1. The molecule has 116 valence electrons. The van der Waals surface area contributed by atoms with Crippen LogP contribution in [0.4, 0.5) is 0 Å². The SMILES string of the molecule is O=C(NCCc1nccn1Cc1ccccc1)c1ccccc1. The molecule has 0 unspecified atom stereocenters. The number of rotatable bonds is 6. The molecule has 1 amide bonds. The summed E-state index contributed by atoms with van der Waals surface area (Å²) in [4.78, 5) is 16.4.